The summed E-state index contributed by atoms with van der Waals surface area (Å²) in [5.74, 6) is 0.231. The van der Waals surface area contributed by atoms with Crippen molar-refractivity contribution in [3.8, 4) is 0 Å². The number of carbonyl (C=O) groups is 2. The van der Waals surface area contributed by atoms with E-state index in [4.69, 9.17) is 10.5 Å². The van der Waals surface area contributed by atoms with E-state index in [1.807, 2.05) is 39.5 Å². The Labute approximate surface area is 133 Å². The van der Waals surface area contributed by atoms with Crippen molar-refractivity contribution in [2.24, 2.45) is 17.1 Å². The van der Waals surface area contributed by atoms with Crippen LogP contribution in [0.3, 0.4) is 0 Å². The monoisotopic (exact) mass is 310 g/mol. The van der Waals surface area contributed by atoms with Crippen LogP contribution >= 0.6 is 0 Å². The average Bonchev–Trinajstić information content (AvgIpc) is 2.84. The molecule has 0 aromatic rings. The minimum Gasteiger partial charge on any atom is -0.444 e. The molecule has 0 aromatic heterocycles. The van der Waals surface area contributed by atoms with Crippen LogP contribution in [-0.2, 0) is 9.53 Å². The zero-order valence-electron chi connectivity index (χ0n) is 14.5. The maximum Gasteiger partial charge on any atom is 0.410 e. The van der Waals surface area contributed by atoms with Gasteiger partial charge in [0.2, 0.25) is 5.91 Å². The number of carbonyl (C=O) groups excluding carboxylic acids is 2. The maximum absolute atomic E-state index is 12.7. The van der Waals surface area contributed by atoms with E-state index in [2.05, 4.69) is 0 Å². The lowest BCUT2D eigenvalue weighted by molar-refractivity contribution is -0.127. The Hall–Kier alpha value is -1.26. The molecule has 5 heteroatoms. The highest BCUT2D eigenvalue weighted by Gasteiger charge is 2.49. The molecule has 3 atom stereocenters. The Bertz CT molecular complexity index is 453. The first-order valence-electron chi connectivity index (χ1n) is 8.32. The van der Waals surface area contributed by atoms with Crippen molar-refractivity contribution >= 4 is 12.0 Å². The summed E-state index contributed by atoms with van der Waals surface area (Å²) >= 11 is 0. The number of primary amides is 1. The molecule has 0 aromatic carbocycles. The van der Waals surface area contributed by atoms with Crippen molar-refractivity contribution in [3.05, 3.63) is 0 Å². The number of ether oxygens (including phenoxy) is 1. The van der Waals surface area contributed by atoms with Gasteiger partial charge in [0.25, 0.3) is 0 Å². The highest BCUT2D eigenvalue weighted by molar-refractivity contribution is 5.80. The molecule has 1 saturated carbocycles. The quantitative estimate of drug-likeness (QED) is 0.870. The highest BCUT2D eigenvalue weighted by Crippen LogP contribution is 2.44. The third kappa shape index (κ3) is 3.55. The van der Waals surface area contributed by atoms with Crippen molar-refractivity contribution in [2.45, 2.75) is 84.4 Å². The van der Waals surface area contributed by atoms with Gasteiger partial charge < -0.3 is 15.4 Å². The van der Waals surface area contributed by atoms with Crippen LogP contribution in [0, 0.1) is 11.3 Å². The van der Waals surface area contributed by atoms with Crippen LogP contribution in [-0.4, -0.2) is 34.6 Å². The van der Waals surface area contributed by atoms with Gasteiger partial charge in [0.05, 0.1) is 0 Å². The van der Waals surface area contributed by atoms with Crippen molar-refractivity contribution < 1.29 is 14.3 Å². The molecule has 2 fully saturated rings. The summed E-state index contributed by atoms with van der Waals surface area (Å²) in [5, 5.41) is 0. The van der Waals surface area contributed by atoms with Gasteiger partial charge in [0, 0.05) is 17.5 Å². The summed E-state index contributed by atoms with van der Waals surface area (Å²) < 4.78 is 5.61. The molecular formula is C17H30N2O3. The molecule has 2 rings (SSSR count). The molecule has 2 aliphatic rings. The standard InChI is InChI=1S/C17H30N2O3/c1-16(2,3)22-15(21)19-12(10-17(4,5)14(18)20)9-11-7-6-8-13(11)19/h11-13H,6-10H2,1-5H3,(H2,18,20). The number of rotatable bonds is 3. The van der Waals surface area contributed by atoms with E-state index in [1.165, 1.54) is 6.42 Å². The van der Waals surface area contributed by atoms with Gasteiger partial charge in [-0.2, -0.15) is 0 Å². The predicted octanol–water partition coefficient (Wildman–Crippen LogP) is 3.07. The van der Waals surface area contributed by atoms with E-state index in [-0.39, 0.29) is 24.1 Å². The molecular weight excluding hydrogens is 280 g/mol. The maximum atomic E-state index is 12.7. The van der Waals surface area contributed by atoms with E-state index in [9.17, 15) is 9.59 Å². The SMILES string of the molecule is CC(C)(C)OC(=O)N1C(CC(C)(C)C(N)=O)CC2CCCC21. The fourth-order valence-corrected chi connectivity index (χ4v) is 3.86. The number of fused-ring (bicyclic) bond motifs is 1. The molecule has 1 aliphatic carbocycles. The lowest BCUT2D eigenvalue weighted by Crippen LogP contribution is -2.47. The Morgan fingerprint density at radius 1 is 1.18 bits per heavy atom. The van der Waals surface area contributed by atoms with Crippen LogP contribution in [0.25, 0.3) is 0 Å². The first kappa shape index (κ1) is 17.1. The topological polar surface area (TPSA) is 72.6 Å². The zero-order valence-corrected chi connectivity index (χ0v) is 14.5. The molecule has 5 nitrogen and oxygen atoms in total. The summed E-state index contributed by atoms with van der Waals surface area (Å²) in [6, 6.07) is 0.316. The molecule has 2 N–H and O–H groups in total. The summed E-state index contributed by atoms with van der Waals surface area (Å²) in [5.41, 5.74) is 4.40. The smallest absolute Gasteiger partial charge is 0.410 e. The molecule has 3 unspecified atom stereocenters. The number of hydrogen-bond donors (Lipinski definition) is 1. The van der Waals surface area contributed by atoms with Crippen LogP contribution in [0.5, 0.6) is 0 Å². The van der Waals surface area contributed by atoms with Crippen molar-refractivity contribution in [1.82, 2.24) is 4.90 Å². The van der Waals surface area contributed by atoms with E-state index >= 15 is 0 Å². The number of amides is 2. The third-order valence-electron chi connectivity index (χ3n) is 4.96. The van der Waals surface area contributed by atoms with Gasteiger partial charge in [-0.1, -0.05) is 20.3 Å². The second kappa shape index (κ2) is 5.74. The van der Waals surface area contributed by atoms with E-state index in [0.717, 1.165) is 19.3 Å². The second-order valence-corrected chi connectivity index (χ2v) is 8.49. The number of nitrogens with zero attached hydrogens (tertiary/aromatic N) is 1. The molecule has 22 heavy (non-hydrogen) atoms. The van der Waals surface area contributed by atoms with Crippen molar-refractivity contribution in [3.63, 3.8) is 0 Å². The summed E-state index contributed by atoms with van der Waals surface area (Å²) in [6.07, 6.45) is 4.69. The molecule has 0 spiro atoms. The molecule has 126 valence electrons. The van der Waals surface area contributed by atoms with Gasteiger partial charge >= 0.3 is 6.09 Å². The Balaban J connectivity index is 2.17. The summed E-state index contributed by atoms with van der Waals surface area (Å²) in [7, 11) is 0. The van der Waals surface area contributed by atoms with Crippen molar-refractivity contribution in [2.75, 3.05) is 0 Å². The lowest BCUT2D eigenvalue weighted by Gasteiger charge is -2.35. The fraction of sp³-hybridized carbons (Fsp3) is 0.882. The third-order valence-corrected chi connectivity index (χ3v) is 4.96. The molecule has 2 amide bonds. The van der Waals surface area contributed by atoms with Crippen molar-refractivity contribution in [1.29, 1.82) is 0 Å². The van der Waals surface area contributed by atoms with Crippen LogP contribution in [0.4, 0.5) is 4.79 Å². The molecule has 0 bridgehead atoms. The van der Waals surface area contributed by atoms with Crippen LogP contribution in [0.15, 0.2) is 0 Å². The molecule has 1 saturated heterocycles. The largest absolute Gasteiger partial charge is 0.444 e. The summed E-state index contributed by atoms with van der Waals surface area (Å²) in [4.78, 5) is 26.2. The van der Waals surface area contributed by atoms with Gasteiger partial charge in [0.15, 0.2) is 0 Å². The number of nitrogens with two attached hydrogens (primary N) is 1. The van der Waals surface area contributed by atoms with Gasteiger partial charge in [0.1, 0.15) is 5.60 Å². The minimum absolute atomic E-state index is 0.0487. The van der Waals surface area contributed by atoms with Gasteiger partial charge in [-0.05, 0) is 52.4 Å². The fourth-order valence-electron chi connectivity index (χ4n) is 3.86. The lowest BCUT2D eigenvalue weighted by atomic mass is 9.83. The average molecular weight is 310 g/mol. The van der Waals surface area contributed by atoms with Gasteiger partial charge in [-0.25, -0.2) is 4.79 Å². The van der Waals surface area contributed by atoms with E-state index in [0.29, 0.717) is 12.3 Å². The van der Waals surface area contributed by atoms with Gasteiger partial charge in [-0.3, -0.25) is 4.79 Å². The number of hydrogen-bond acceptors (Lipinski definition) is 3. The van der Waals surface area contributed by atoms with Crippen LogP contribution in [0.2, 0.25) is 0 Å². The predicted molar refractivity (Wildman–Crippen MR) is 85.2 cm³/mol. The summed E-state index contributed by atoms with van der Waals surface area (Å²) in [6.45, 7) is 9.37. The van der Waals surface area contributed by atoms with E-state index in [1.54, 1.807) is 0 Å². The van der Waals surface area contributed by atoms with Gasteiger partial charge in [-0.15, -0.1) is 0 Å². The minimum atomic E-state index is -0.608. The first-order valence-corrected chi connectivity index (χ1v) is 8.32. The molecule has 1 aliphatic heterocycles. The Kier molecular flexibility index (Phi) is 4.46. The molecule has 0 radical (unpaired) electrons. The number of likely N-dealkylation sites (tertiary alicyclic amines) is 1. The Morgan fingerprint density at radius 3 is 2.36 bits per heavy atom. The van der Waals surface area contributed by atoms with Crippen LogP contribution in [0.1, 0.15) is 66.7 Å². The van der Waals surface area contributed by atoms with E-state index < -0.39 is 11.0 Å². The second-order valence-electron chi connectivity index (χ2n) is 8.49. The normalized spacial score (nSPS) is 28.6. The highest BCUT2D eigenvalue weighted by atomic mass is 16.6. The Morgan fingerprint density at radius 2 is 1.82 bits per heavy atom. The first-order chi connectivity index (χ1) is 10.0. The zero-order chi connectivity index (χ0) is 16.7. The van der Waals surface area contributed by atoms with Crippen LogP contribution < -0.4 is 5.73 Å². The molecule has 1 heterocycles.